The number of aromatic nitrogens is 2. The average molecular weight is 375 g/mol. The van der Waals surface area contributed by atoms with E-state index < -0.39 is 9.84 Å². The Labute approximate surface area is 154 Å². The van der Waals surface area contributed by atoms with E-state index in [2.05, 4.69) is 12.0 Å². The zero-order valence-corrected chi connectivity index (χ0v) is 16.1. The molecule has 1 atom stereocenters. The van der Waals surface area contributed by atoms with E-state index in [0.29, 0.717) is 18.5 Å². The minimum atomic E-state index is -3.04. The van der Waals surface area contributed by atoms with Gasteiger partial charge in [-0.15, -0.1) is 0 Å². The molecule has 1 amide bonds. The lowest BCUT2D eigenvalue weighted by molar-refractivity contribution is 0.0693. The van der Waals surface area contributed by atoms with Gasteiger partial charge in [-0.3, -0.25) is 4.79 Å². The first-order valence-electron chi connectivity index (χ1n) is 9.04. The maximum Gasteiger partial charge on any atom is 0.257 e. The first-order chi connectivity index (χ1) is 12.4. The lowest BCUT2D eigenvalue weighted by Crippen LogP contribution is -2.42. The van der Waals surface area contributed by atoms with Crippen molar-refractivity contribution in [2.45, 2.75) is 39.2 Å². The third-order valence-corrected chi connectivity index (χ3v) is 6.65. The zero-order valence-electron chi connectivity index (χ0n) is 15.3. The molecule has 1 aromatic heterocycles. The predicted molar refractivity (Wildman–Crippen MR) is 101 cm³/mol. The number of rotatable bonds is 6. The summed E-state index contributed by atoms with van der Waals surface area (Å²) >= 11 is 0. The second-order valence-corrected chi connectivity index (χ2v) is 9.03. The summed E-state index contributed by atoms with van der Waals surface area (Å²) in [4.78, 5) is 14.9. The van der Waals surface area contributed by atoms with Gasteiger partial charge in [0.15, 0.2) is 9.84 Å². The van der Waals surface area contributed by atoms with Crippen LogP contribution in [0.5, 0.6) is 0 Å². The third kappa shape index (κ3) is 3.82. The van der Waals surface area contributed by atoms with Crippen LogP contribution in [0.2, 0.25) is 0 Å². The Morgan fingerprint density at radius 3 is 2.65 bits per heavy atom. The van der Waals surface area contributed by atoms with Crippen LogP contribution < -0.4 is 0 Å². The van der Waals surface area contributed by atoms with Crippen molar-refractivity contribution in [3.63, 3.8) is 0 Å². The van der Waals surface area contributed by atoms with Crippen LogP contribution in [-0.2, 0) is 9.84 Å². The topological polar surface area (TPSA) is 72.3 Å². The number of amides is 1. The van der Waals surface area contributed by atoms with Gasteiger partial charge in [0, 0.05) is 12.6 Å². The van der Waals surface area contributed by atoms with E-state index in [1.165, 1.54) is 0 Å². The monoisotopic (exact) mass is 375 g/mol. The van der Waals surface area contributed by atoms with Crippen LogP contribution in [0.1, 0.15) is 42.2 Å². The molecule has 0 aliphatic carbocycles. The van der Waals surface area contributed by atoms with Crippen LogP contribution in [0.25, 0.3) is 5.69 Å². The summed E-state index contributed by atoms with van der Waals surface area (Å²) in [5.41, 5.74) is 2.20. The standard InChI is InChI=1S/C19H25N3O3S/c1-3-4-11-21(17-10-12-26(24,25)14-17)19(23)18-13-20-22(15(18)2)16-8-6-5-7-9-16/h5-9,13,17H,3-4,10-12,14H2,1-2H3. The Morgan fingerprint density at radius 2 is 2.04 bits per heavy atom. The molecule has 1 aliphatic rings. The molecule has 0 spiro atoms. The van der Waals surface area contributed by atoms with E-state index >= 15 is 0 Å². The van der Waals surface area contributed by atoms with Crippen LogP contribution in [0, 0.1) is 6.92 Å². The quantitative estimate of drug-likeness (QED) is 0.778. The van der Waals surface area contributed by atoms with Gasteiger partial charge in [-0.2, -0.15) is 5.10 Å². The molecule has 0 bridgehead atoms. The maximum atomic E-state index is 13.2. The number of carbonyl (C=O) groups excluding carboxylic acids is 1. The number of nitrogens with zero attached hydrogens (tertiary/aromatic N) is 3. The van der Waals surface area contributed by atoms with Gasteiger partial charge in [0.2, 0.25) is 0 Å². The van der Waals surface area contributed by atoms with Crippen LogP contribution >= 0.6 is 0 Å². The summed E-state index contributed by atoms with van der Waals surface area (Å²) in [7, 11) is -3.04. The van der Waals surface area contributed by atoms with Gasteiger partial charge in [0.25, 0.3) is 5.91 Å². The molecular weight excluding hydrogens is 350 g/mol. The summed E-state index contributed by atoms with van der Waals surface area (Å²) in [6.07, 6.45) is 3.91. The highest BCUT2D eigenvalue weighted by atomic mass is 32.2. The molecule has 0 saturated carbocycles. The van der Waals surface area contributed by atoms with Crippen molar-refractivity contribution in [2.24, 2.45) is 0 Å². The molecule has 1 aliphatic heterocycles. The maximum absolute atomic E-state index is 13.2. The van der Waals surface area contributed by atoms with E-state index in [4.69, 9.17) is 0 Å². The molecule has 140 valence electrons. The molecule has 0 radical (unpaired) electrons. The van der Waals surface area contributed by atoms with Gasteiger partial charge in [-0.1, -0.05) is 31.5 Å². The van der Waals surface area contributed by atoms with Gasteiger partial charge < -0.3 is 4.90 Å². The lowest BCUT2D eigenvalue weighted by Gasteiger charge is -2.28. The van der Waals surface area contributed by atoms with Gasteiger partial charge in [0.1, 0.15) is 0 Å². The second kappa shape index (κ2) is 7.61. The van der Waals surface area contributed by atoms with Crippen LogP contribution in [0.15, 0.2) is 36.5 Å². The van der Waals surface area contributed by atoms with Crippen molar-refractivity contribution in [1.29, 1.82) is 0 Å². The number of sulfone groups is 1. The molecule has 1 saturated heterocycles. The molecule has 6 nitrogen and oxygen atoms in total. The fourth-order valence-corrected chi connectivity index (χ4v) is 5.13. The van der Waals surface area contributed by atoms with E-state index in [0.717, 1.165) is 24.2 Å². The van der Waals surface area contributed by atoms with Gasteiger partial charge >= 0.3 is 0 Å². The van der Waals surface area contributed by atoms with Crippen LogP contribution in [0.3, 0.4) is 0 Å². The van der Waals surface area contributed by atoms with E-state index in [1.807, 2.05) is 37.3 Å². The zero-order chi connectivity index (χ0) is 18.7. The molecule has 0 N–H and O–H groups in total. The summed E-state index contributed by atoms with van der Waals surface area (Å²) in [6.45, 7) is 4.51. The normalized spacial score (nSPS) is 18.8. The minimum absolute atomic E-state index is 0.0638. The first kappa shape index (κ1) is 18.6. The Morgan fingerprint density at radius 1 is 1.31 bits per heavy atom. The van der Waals surface area contributed by atoms with Crippen molar-refractivity contribution in [2.75, 3.05) is 18.1 Å². The Kier molecular flexibility index (Phi) is 5.46. The molecular formula is C19H25N3O3S. The SMILES string of the molecule is CCCCN(C(=O)c1cnn(-c2ccccc2)c1C)C1CCS(=O)(=O)C1. The van der Waals surface area contributed by atoms with Crippen LogP contribution in [0.4, 0.5) is 0 Å². The van der Waals surface area contributed by atoms with Crippen molar-refractivity contribution in [3.05, 3.63) is 47.8 Å². The molecule has 1 fully saturated rings. The molecule has 2 aromatic rings. The molecule has 2 heterocycles. The number of unbranched alkanes of at least 4 members (excludes halogenated alkanes) is 1. The van der Waals surface area contributed by atoms with Crippen molar-refractivity contribution < 1.29 is 13.2 Å². The van der Waals surface area contributed by atoms with Gasteiger partial charge in [0.05, 0.1) is 34.6 Å². The summed E-state index contributed by atoms with van der Waals surface area (Å²) in [5.74, 6) is 0.102. The molecule has 7 heteroatoms. The number of carbonyl (C=O) groups is 1. The number of para-hydroxylation sites is 1. The lowest BCUT2D eigenvalue weighted by atomic mass is 10.1. The molecule has 1 aromatic carbocycles. The number of benzene rings is 1. The largest absolute Gasteiger partial charge is 0.335 e. The second-order valence-electron chi connectivity index (χ2n) is 6.80. The summed E-state index contributed by atoms with van der Waals surface area (Å²) in [6, 6.07) is 9.42. The minimum Gasteiger partial charge on any atom is -0.335 e. The fourth-order valence-electron chi connectivity index (χ4n) is 3.40. The van der Waals surface area contributed by atoms with Crippen molar-refractivity contribution in [3.8, 4) is 5.69 Å². The van der Waals surface area contributed by atoms with Gasteiger partial charge in [-0.25, -0.2) is 13.1 Å². The smallest absolute Gasteiger partial charge is 0.257 e. The molecule has 3 rings (SSSR count). The first-order valence-corrected chi connectivity index (χ1v) is 10.9. The Balaban J connectivity index is 1.89. The number of hydrogen-bond donors (Lipinski definition) is 0. The highest BCUT2D eigenvalue weighted by molar-refractivity contribution is 7.91. The van der Waals surface area contributed by atoms with Crippen molar-refractivity contribution in [1.82, 2.24) is 14.7 Å². The summed E-state index contributed by atoms with van der Waals surface area (Å²) < 4.78 is 25.5. The van der Waals surface area contributed by atoms with Crippen LogP contribution in [-0.4, -0.2) is 53.1 Å². The number of hydrogen-bond acceptors (Lipinski definition) is 4. The Hall–Kier alpha value is -2.15. The fraction of sp³-hybridized carbons (Fsp3) is 0.474. The average Bonchev–Trinajstić information content (AvgIpc) is 3.18. The highest BCUT2D eigenvalue weighted by Crippen LogP contribution is 2.23. The third-order valence-electron chi connectivity index (χ3n) is 4.90. The highest BCUT2D eigenvalue weighted by Gasteiger charge is 2.35. The van der Waals surface area contributed by atoms with Crippen molar-refractivity contribution >= 4 is 15.7 Å². The van der Waals surface area contributed by atoms with E-state index in [9.17, 15) is 13.2 Å². The van der Waals surface area contributed by atoms with Gasteiger partial charge in [-0.05, 0) is 31.9 Å². The Bertz CT molecular complexity index is 875. The van der Waals surface area contributed by atoms with E-state index in [1.54, 1.807) is 15.8 Å². The molecule has 1 unspecified atom stereocenters. The van der Waals surface area contributed by atoms with E-state index in [-0.39, 0.29) is 23.5 Å². The summed E-state index contributed by atoms with van der Waals surface area (Å²) in [5, 5.41) is 4.38. The predicted octanol–water partition coefficient (Wildman–Crippen LogP) is 2.61. The molecule has 26 heavy (non-hydrogen) atoms.